The second-order valence-electron chi connectivity index (χ2n) is 5.60. The summed E-state index contributed by atoms with van der Waals surface area (Å²) in [6.45, 7) is 1.66. The predicted molar refractivity (Wildman–Crippen MR) is 88.1 cm³/mol. The lowest BCUT2D eigenvalue weighted by molar-refractivity contribution is -0.127. The van der Waals surface area contributed by atoms with E-state index in [2.05, 4.69) is 0 Å². The Morgan fingerprint density at radius 2 is 1.60 bits per heavy atom. The summed E-state index contributed by atoms with van der Waals surface area (Å²) in [5.41, 5.74) is -0.457. The van der Waals surface area contributed by atoms with Crippen molar-refractivity contribution < 1.29 is 22.4 Å². The van der Waals surface area contributed by atoms with Crippen LogP contribution in [0, 0.1) is 5.82 Å². The average molecular weight is 351 g/mol. The van der Waals surface area contributed by atoms with Gasteiger partial charge in [-0.3, -0.25) is 4.79 Å². The Balaban J connectivity index is 2.30. The van der Waals surface area contributed by atoms with Crippen LogP contribution in [0.25, 0.3) is 5.57 Å². The fourth-order valence-electron chi connectivity index (χ4n) is 2.33. The maximum atomic E-state index is 13.3. The van der Waals surface area contributed by atoms with E-state index in [1.54, 1.807) is 13.0 Å². The van der Waals surface area contributed by atoms with Gasteiger partial charge in [0.05, 0.1) is 11.6 Å². The number of likely N-dealkylation sites (N-methyl/N-ethyl adjacent to an activating group) is 1. The summed E-state index contributed by atoms with van der Waals surface area (Å²) < 4.78 is 52.9. The maximum absolute atomic E-state index is 13.3. The van der Waals surface area contributed by atoms with E-state index >= 15 is 0 Å². The molecule has 2 nitrogen and oxygen atoms in total. The highest BCUT2D eigenvalue weighted by atomic mass is 19.4. The number of benzene rings is 2. The molecule has 0 saturated carbocycles. The molecule has 2 aromatic rings. The largest absolute Gasteiger partial charge is 0.417 e. The third-order valence-corrected chi connectivity index (χ3v) is 3.94. The minimum atomic E-state index is -4.66. The van der Waals surface area contributed by atoms with Gasteiger partial charge in [0.1, 0.15) is 5.82 Å². The van der Waals surface area contributed by atoms with Crippen molar-refractivity contribution in [3.05, 3.63) is 77.6 Å². The van der Waals surface area contributed by atoms with E-state index in [0.29, 0.717) is 11.6 Å². The number of hydrogen-bond donors (Lipinski definition) is 0. The first-order valence-corrected chi connectivity index (χ1v) is 7.56. The molecule has 132 valence electrons. The van der Waals surface area contributed by atoms with Gasteiger partial charge in [-0.05, 0) is 30.2 Å². The fourth-order valence-corrected chi connectivity index (χ4v) is 2.33. The van der Waals surface area contributed by atoms with Crippen LogP contribution in [0.2, 0.25) is 0 Å². The van der Waals surface area contributed by atoms with Crippen molar-refractivity contribution in [2.24, 2.45) is 0 Å². The average Bonchev–Trinajstić information content (AvgIpc) is 2.58. The lowest BCUT2D eigenvalue weighted by Gasteiger charge is -2.25. The molecule has 1 amide bonds. The van der Waals surface area contributed by atoms with Crippen molar-refractivity contribution >= 4 is 11.5 Å². The maximum Gasteiger partial charge on any atom is 0.417 e. The number of halogens is 4. The molecule has 0 spiro atoms. The topological polar surface area (TPSA) is 20.3 Å². The van der Waals surface area contributed by atoms with Crippen LogP contribution in [0.5, 0.6) is 0 Å². The third-order valence-electron chi connectivity index (χ3n) is 3.94. The molecule has 0 fully saturated rings. The number of nitrogens with zero attached hydrogens (tertiary/aromatic N) is 1. The first-order valence-electron chi connectivity index (χ1n) is 7.56. The van der Waals surface area contributed by atoms with Crippen LogP contribution < -0.4 is 0 Å². The van der Waals surface area contributed by atoms with E-state index in [9.17, 15) is 22.4 Å². The highest BCUT2D eigenvalue weighted by Crippen LogP contribution is 2.34. The second-order valence-corrected chi connectivity index (χ2v) is 5.60. The molecular formula is C19H17F4NO. The molecule has 0 N–H and O–H groups in total. The Morgan fingerprint density at radius 1 is 1.04 bits per heavy atom. The molecule has 0 radical (unpaired) electrons. The number of allylic oxidation sites excluding steroid dienone is 1. The van der Waals surface area contributed by atoms with Crippen molar-refractivity contribution in [1.82, 2.24) is 4.90 Å². The molecule has 1 unspecified atom stereocenters. The molecule has 2 rings (SSSR count). The Bertz CT molecular complexity index is 751. The van der Waals surface area contributed by atoms with E-state index in [-0.39, 0.29) is 5.56 Å². The van der Waals surface area contributed by atoms with E-state index in [0.717, 1.165) is 0 Å². The first-order chi connectivity index (χ1) is 11.7. The number of alkyl halides is 3. The van der Waals surface area contributed by atoms with Gasteiger partial charge in [0.25, 0.3) is 0 Å². The van der Waals surface area contributed by atoms with Gasteiger partial charge in [0.15, 0.2) is 0 Å². The fraction of sp³-hybridized carbons (Fsp3) is 0.211. The predicted octanol–water partition coefficient (Wildman–Crippen LogP) is 4.99. The Hall–Kier alpha value is -2.63. The SMILES string of the molecule is CC(c1ccc(F)cc1)N(C)C(=O)/C=C(/c1ccccc1)C(F)(F)F. The van der Waals surface area contributed by atoms with Gasteiger partial charge in [0, 0.05) is 13.1 Å². The lowest BCUT2D eigenvalue weighted by Crippen LogP contribution is -2.29. The molecule has 25 heavy (non-hydrogen) atoms. The van der Waals surface area contributed by atoms with E-state index in [4.69, 9.17) is 0 Å². The Kier molecular flexibility index (Phi) is 5.62. The summed E-state index contributed by atoms with van der Waals surface area (Å²) >= 11 is 0. The zero-order valence-electron chi connectivity index (χ0n) is 13.7. The molecule has 0 aromatic heterocycles. The number of amides is 1. The quantitative estimate of drug-likeness (QED) is 0.561. The van der Waals surface area contributed by atoms with E-state index < -0.39 is 29.5 Å². The van der Waals surface area contributed by atoms with Gasteiger partial charge >= 0.3 is 6.18 Å². The van der Waals surface area contributed by atoms with E-state index in [1.165, 1.54) is 60.5 Å². The number of hydrogen-bond acceptors (Lipinski definition) is 1. The van der Waals surface area contributed by atoms with Gasteiger partial charge in [0.2, 0.25) is 5.91 Å². The summed E-state index contributed by atoms with van der Waals surface area (Å²) in [6.07, 6.45) is -4.06. The number of rotatable bonds is 4. The molecule has 0 saturated heterocycles. The van der Waals surface area contributed by atoms with Crippen molar-refractivity contribution in [2.75, 3.05) is 7.05 Å². The van der Waals surface area contributed by atoms with Crippen molar-refractivity contribution in [3.8, 4) is 0 Å². The lowest BCUT2D eigenvalue weighted by atomic mass is 10.0. The molecular weight excluding hydrogens is 334 g/mol. The number of carbonyl (C=O) groups excluding carboxylic acids is 1. The van der Waals surface area contributed by atoms with Gasteiger partial charge in [-0.1, -0.05) is 42.5 Å². The molecule has 6 heteroatoms. The van der Waals surface area contributed by atoms with Gasteiger partial charge < -0.3 is 4.90 Å². The summed E-state index contributed by atoms with van der Waals surface area (Å²) in [6, 6.07) is 12.1. The first kappa shape index (κ1) is 18.7. The van der Waals surface area contributed by atoms with Crippen LogP contribution >= 0.6 is 0 Å². The smallest absolute Gasteiger partial charge is 0.335 e. The molecule has 0 bridgehead atoms. The minimum Gasteiger partial charge on any atom is -0.335 e. The monoisotopic (exact) mass is 351 g/mol. The summed E-state index contributed by atoms with van der Waals surface area (Å²) in [5, 5.41) is 0. The van der Waals surface area contributed by atoms with Crippen LogP contribution in [-0.2, 0) is 4.79 Å². The number of carbonyl (C=O) groups is 1. The van der Waals surface area contributed by atoms with Crippen molar-refractivity contribution in [3.63, 3.8) is 0 Å². The van der Waals surface area contributed by atoms with Gasteiger partial charge in [-0.15, -0.1) is 0 Å². The van der Waals surface area contributed by atoms with Crippen LogP contribution in [-0.4, -0.2) is 24.0 Å². The molecule has 0 aliphatic rings. The molecule has 0 aliphatic heterocycles. The van der Waals surface area contributed by atoms with Crippen LogP contribution in [0.15, 0.2) is 60.7 Å². The Labute approximate surface area is 143 Å². The van der Waals surface area contributed by atoms with Gasteiger partial charge in [-0.25, -0.2) is 4.39 Å². The highest BCUT2D eigenvalue weighted by molar-refractivity contribution is 5.96. The van der Waals surface area contributed by atoms with Crippen LogP contribution in [0.3, 0.4) is 0 Å². The Morgan fingerprint density at radius 3 is 2.12 bits per heavy atom. The molecule has 2 aromatic carbocycles. The summed E-state index contributed by atoms with van der Waals surface area (Å²) in [5.74, 6) is -1.21. The minimum absolute atomic E-state index is 0.0776. The summed E-state index contributed by atoms with van der Waals surface area (Å²) in [7, 11) is 1.41. The van der Waals surface area contributed by atoms with Crippen molar-refractivity contribution in [2.45, 2.75) is 19.1 Å². The van der Waals surface area contributed by atoms with Crippen LogP contribution in [0.1, 0.15) is 24.1 Å². The van der Waals surface area contributed by atoms with Crippen molar-refractivity contribution in [1.29, 1.82) is 0 Å². The molecule has 0 aliphatic carbocycles. The second kappa shape index (κ2) is 7.51. The molecule has 0 heterocycles. The normalized spacial score (nSPS) is 13.4. The van der Waals surface area contributed by atoms with E-state index in [1.807, 2.05) is 0 Å². The van der Waals surface area contributed by atoms with Gasteiger partial charge in [-0.2, -0.15) is 13.2 Å². The standard InChI is InChI=1S/C19H17F4NO/c1-13(14-8-10-16(20)11-9-14)24(2)18(25)12-17(19(21,22)23)15-6-4-3-5-7-15/h3-13H,1-2H3/b17-12-. The molecule has 1 atom stereocenters. The highest BCUT2D eigenvalue weighted by Gasteiger charge is 2.35. The third kappa shape index (κ3) is 4.68. The summed E-state index contributed by atoms with van der Waals surface area (Å²) in [4.78, 5) is 13.5. The van der Waals surface area contributed by atoms with Crippen LogP contribution in [0.4, 0.5) is 17.6 Å². The zero-order valence-corrected chi connectivity index (χ0v) is 13.7. The zero-order chi connectivity index (χ0) is 18.6.